The summed E-state index contributed by atoms with van der Waals surface area (Å²) >= 11 is 0. The predicted molar refractivity (Wildman–Crippen MR) is 68.2 cm³/mol. The molecule has 0 aliphatic rings. The molecule has 102 valence electrons. The molecule has 0 aliphatic carbocycles. The van der Waals surface area contributed by atoms with Crippen molar-refractivity contribution >= 4 is 15.9 Å². The molecule has 0 bridgehead atoms. The van der Waals surface area contributed by atoms with Crippen LogP contribution in [0.1, 0.15) is 20.3 Å². The van der Waals surface area contributed by atoms with Gasteiger partial charge in [0, 0.05) is 25.6 Å². The van der Waals surface area contributed by atoms with Gasteiger partial charge >= 0.3 is 0 Å². The van der Waals surface area contributed by atoms with Crippen molar-refractivity contribution in [1.82, 2.24) is 15.4 Å². The lowest BCUT2D eigenvalue weighted by molar-refractivity contribution is -0.124. The molecule has 0 heterocycles. The van der Waals surface area contributed by atoms with E-state index in [2.05, 4.69) is 15.4 Å². The van der Waals surface area contributed by atoms with E-state index in [0.29, 0.717) is 26.1 Å². The summed E-state index contributed by atoms with van der Waals surface area (Å²) < 4.78 is 23.9. The summed E-state index contributed by atoms with van der Waals surface area (Å²) in [7, 11) is -3.13. The predicted octanol–water partition coefficient (Wildman–Crippen LogP) is -0.712. The molecule has 1 atom stereocenters. The highest BCUT2D eigenvalue weighted by molar-refractivity contribution is 7.88. The van der Waals surface area contributed by atoms with Crippen LogP contribution in [-0.2, 0) is 14.8 Å². The van der Waals surface area contributed by atoms with Gasteiger partial charge in [-0.1, -0.05) is 13.8 Å². The van der Waals surface area contributed by atoms with Gasteiger partial charge in [-0.25, -0.2) is 13.1 Å². The Kier molecular flexibility index (Phi) is 8.11. The number of amides is 1. The molecule has 0 saturated heterocycles. The maximum atomic E-state index is 11.5. The van der Waals surface area contributed by atoms with Crippen molar-refractivity contribution < 1.29 is 13.2 Å². The van der Waals surface area contributed by atoms with Gasteiger partial charge in [0.25, 0.3) is 0 Å². The molecule has 0 rings (SSSR count). The second kappa shape index (κ2) is 8.43. The molecule has 0 aromatic rings. The van der Waals surface area contributed by atoms with Crippen LogP contribution in [0.3, 0.4) is 0 Å². The Morgan fingerprint density at radius 1 is 1.29 bits per heavy atom. The van der Waals surface area contributed by atoms with Crippen LogP contribution in [0.2, 0.25) is 0 Å². The van der Waals surface area contributed by atoms with Gasteiger partial charge in [-0.15, -0.1) is 0 Å². The Labute approximate surface area is 104 Å². The van der Waals surface area contributed by atoms with Crippen LogP contribution in [0, 0.1) is 5.92 Å². The van der Waals surface area contributed by atoms with Gasteiger partial charge in [-0.2, -0.15) is 0 Å². The lowest BCUT2D eigenvalue weighted by atomic mass is 10.1. The maximum Gasteiger partial charge on any atom is 0.224 e. The number of rotatable bonds is 9. The number of hydrogen-bond acceptors (Lipinski definition) is 4. The smallest absolute Gasteiger partial charge is 0.224 e. The van der Waals surface area contributed by atoms with E-state index in [1.807, 2.05) is 13.8 Å². The molecular weight excluding hydrogens is 242 g/mol. The molecule has 0 radical (unpaired) electrons. The fourth-order valence-corrected chi connectivity index (χ4v) is 1.70. The zero-order valence-electron chi connectivity index (χ0n) is 10.7. The van der Waals surface area contributed by atoms with E-state index >= 15 is 0 Å². The normalized spacial score (nSPS) is 13.4. The zero-order valence-corrected chi connectivity index (χ0v) is 11.6. The molecule has 17 heavy (non-hydrogen) atoms. The number of sulfonamides is 1. The van der Waals surface area contributed by atoms with Gasteiger partial charge in [0.2, 0.25) is 15.9 Å². The highest BCUT2D eigenvalue weighted by atomic mass is 32.2. The number of nitrogens with one attached hydrogen (secondary N) is 3. The molecule has 1 amide bonds. The maximum absolute atomic E-state index is 11.5. The average Bonchev–Trinajstić information content (AvgIpc) is 2.23. The Balaban J connectivity index is 3.57. The first-order valence-corrected chi connectivity index (χ1v) is 7.69. The van der Waals surface area contributed by atoms with Crippen LogP contribution in [0.4, 0.5) is 0 Å². The summed E-state index contributed by atoms with van der Waals surface area (Å²) in [5.74, 6) is -0.0804. The van der Waals surface area contributed by atoms with Crippen molar-refractivity contribution in [2.24, 2.45) is 5.92 Å². The molecular formula is C10H23N3O3S. The van der Waals surface area contributed by atoms with E-state index in [1.165, 1.54) is 0 Å². The van der Waals surface area contributed by atoms with E-state index in [1.54, 1.807) is 0 Å². The Hall–Kier alpha value is -0.660. The summed E-state index contributed by atoms with van der Waals surface area (Å²) in [6.07, 6.45) is 1.71. The molecule has 1 unspecified atom stereocenters. The fourth-order valence-electron chi connectivity index (χ4n) is 1.19. The van der Waals surface area contributed by atoms with E-state index in [4.69, 9.17) is 0 Å². The first-order chi connectivity index (χ1) is 7.87. The third kappa shape index (κ3) is 10.2. The van der Waals surface area contributed by atoms with Crippen LogP contribution in [-0.4, -0.2) is 46.8 Å². The molecule has 0 fully saturated rings. The van der Waals surface area contributed by atoms with E-state index in [-0.39, 0.29) is 11.8 Å². The van der Waals surface area contributed by atoms with Crippen LogP contribution in [0.25, 0.3) is 0 Å². The molecule has 0 aromatic carbocycles. The SMILES string of the molecule is CCNCC(C)C(=O)NCCCNS(C)(=O)=O. The summed E-state index contributed by atoms with van der Waals surface area (Å²) in [6, 6.07) is 0. The van der Waals surface area contributed by atoms with Crippen molar-refractivity contribution in [1.29, 1.82) is 0 Å². The van der Waals surface area contributed by atoms with Crippen LogP contribution < -0.4 is 15.4 Å². The van der Waals surface area contributed by atoms with Gasteiger partial charge < -0.3 is 10.6 Å². The van der Waals surface area contributed by atoms with Crippen LogP contribution in [0.5, 0.6) is 0 Å². The van der Waals surface area contributed by atoms with Gasteiger partial charge in [0.05, 0.1) is 6.26 Å². The molecule has 6 nitrogen and oxygen atoms in total. The highest BCUT2D eigenvalue weighted by Crippen LogP contribution is 1.92. The average molecular weight is 265 g/mol. The molecule has 3 N–H and O–H groups in total. The summed E-state index contributed by atoms with van der Waals surface area (Å²) in [6.45, 7) is 6.17. The Morgan fingerprint density at radius 2 is 1.94 bits per heavy atom. The van der Waals surface area contributed by atoms with Crippen molar-refractivity contribution in [2.75, 3.05) is 32.4 Å². The number of carbonyl (C=O) groups excluding carboxylic acids is 1. The van der Waals surface area contributed by atoms with Crippen LogP contribution >= 0.6 is 0 Å². The Bertz CT molecular complexity index is 317. The highest BCUT2D eigenvalue weighted by Gasteiger charge is 2.10. The summed E-state index contributed by atoms with van der Waals surface area (Å²) in [5, 5.41) is 5.86. The number of carbonyl (C=O) groups is 1. The summed E-state index contributed by atoms with van der Waals surface area (Å²) in [4.78, 5) is 11.5. The van der Waals surface area contributed by atoms with Crippen molar-refractivity contribution in [3.63, 3.8) is 0 Å². The van der Waals surface area contributed by atoms with E-state index in [9.17, 15) is 13.2 Å². The third-order valence-corrected chi connectivity index (χ3v) is 2.89. The first-order valence-electron chi connectivity index (χ1n) is 5.80. The quantitative estimate of drug-likeness (QED) is 0.481. The molecule has 0 spiro atoms. The Morgan fingerprint density at radius 3 is 2.47 bits per heavy atom. The van der Waals surface area contributed by atoms with E-state index < -0.39 is 10.0 Å². The largest absolute Gasteiger partial charge is 0.356 e. The topological polar surface area (TPSA) is 87.3 Å². The van der Waals surface area contributed by atoms with Gasteiger partial charge in [0.15, 0.2) is 0 Å². The lowest BCUT2D eigenvalue weighted by Gasteiger charge is -2.12. The first kappa shape index (κ1) is 16.3. The monoisotopic (exact) mass is 265 g/mol. The second-order valence-electron chi connectivity index (χ2n) is 4.02. The molecule has 0 saturated carbocycles. The minimum absolute atomic E-state index is 0.00898. The zero-order chi connectivity index (χ0) is 13.3. The van der Waals surface area contributed by atoms with Gasteiger partial charge in [-0.3, -0.25) is 4.79 Å². The van der Waals surface area contributed by atoms with Gasteiger partial charge in [0.1, 0.15) is 0 Å². The minimum atomic E-state index is -3.13. The van der Waals surface area contributed by atoms with Crippen molar-refractivity contribution in [3.05, 3.63) is 0 Å². The van der Waals surface area contributed by atoms with E-state index in [0.717, 1.165) is 12.8 Å². The number of hydrogen-bond donors (Lipinski definition) is 3. The van der Waals surface area contributed by atoms with Crippen molar-refractivity contribution in [3.8, 4) is 0 Å². The fraction of sp³-hybridized carbons (Fsp3) is 0.900. The third-order valence-electron chi connectivity index (χ3n) is 2.17. The standard InChI is InChI=1S/C10H23N3O3S/c1-4-11-8-9(2)10(14)12-6-5-7-13-17(3,15)16/h9,11,13H,4-8H2,1-3H3,(H,12,14). The molecule has 0 aromatic heterocycles. The summed E-state index contributed by atoms with van der Waals surface area (Å²) in [5.41, 5.74) is 0. The lowest BCUT2D eigenvalue weighted by Crippen LogP contribution is -2.36. The van der Waals surface area contributed by atoms with Crippen LogP contribution in [0.15, 0.2) is 0 Å². The van der Waals surface area contributed by atoms with Crippen molar-refractivity contribution in [2.45, 2.75) is 20.3 Å². The van der Waals surface area contributed by atoms with Gasteiger partial charge in [-0.05, 0) is 13.0 Å². The second-order valence-corrected chi connectivity index (χ2v) is 5.85. The minimum Gasteiger partial charge on any atom is -0.356 e. The molecule has 0 aliphatic heterocycles. The molecule has 7 heteroatoms.